The number of aromatic nitrogens is 1. The van der Waals surface area contributed by atoms with Crippen molar-refractivity contribution in [2.24, 2.45) is 23.2 Å². The van der Waals surface area contributed by atoms with E-state index in [0.717, 1.165) is 23.3 Å². The Balaban J connectivity index is 1.27. The maximum atomic E-state index is 12.4. The Kier molecular flexibility index (Phi) is 4.26. The first-order chi connectivity index (χ1) is 12.0. The van der Waals surface area contributed by atoms with Crippen LogP contribution in [-0.4, -0.2) is 23.3 Å². The summed E-state index contributed by atoms with van der Waals surface area (Å²) in [4.78, 5) is 28.6. The highest BCUT2D eigenvalue weighted by molar-refractivity contribution is 5.93. The van der Waals surface area contributed by atoms with Crippen molar-refractivity contribution in [3.8, 4) is 0 Å². The zero-order chi connectivity index (χ0) is 17.4. The molecular formula is C20H27N3O2. The number of aryl methyl sites for hydroxylation is 1. The molecule has 25 heavy (non-hydrogen) atoms. The predicted molar refractivity (Wildman–Crippen MR) is 95.8 cm³/mol. The minimum atomic E-state index is -0.225. The molecule has 0 unspecified atom stereocenters. The highest BCUT2D eigenvalue weighted by atomic mass is 16.2. The third-order valence-corrected chi connectivity index (χ3v) is 6.33. The van der Waals surface area contributed by atoms with Crippen LogP contribution in [0.5, 0.6) is 0 Å². The summed E-state index contributed by atoms with van der Waals surface area (Å²) in [5.74, 6) is 2.85. The largest absolute Gasteiger partial charge is 0.347 e. The summed E-state index contributed by atoms with van der Waals surface area (Å²) < 4.78 is 0. The fourth-order valence-electron chi connectivity index (χ4n) is 5.88. The Morgan fingerprint density at radius 3 is 2.36 bits per heavy atom. The Hall–Kier alpha value is -1.91. The molecule has 1 heterocycles. The van der Waals surface area contributed by atoms with Crippen LogP contribution in [0.15, 0.2) is 18.3 Å². The van der Waals surface area contributed by atoms with Gasteiger partial charge in [0.25, 0.3) is 0 Å². The molecule has 0 radical (unpaired) electrons. The number of rotatable bonds is 5. The van der Waals surface area contributed by atoms with Gasteiger partial charge < -0.3 is 10.6 Å². The first kappa shape index (κ1) is 16.6. The van der Waals surface area contributed by atoms with Crippen LogP contribution in [0.1, 0.15) is 50.5 Å². The van der Waals surface area contributed by atoms with Gasteiger partial charge in [0.05, 0.1) is 6.54 Å². The van der Waals surface area contributed by atoms with Crippen LogP contribution in [0.2, 0.25) is 0 Å². The van der Waals surface area contributed by atoms with Crippen molar-refractivity contribution in [3.63, 3.8) is 0 Å². The molecule has 4 aliphatic rings. The van der Waals surface area contributed by atoms with Crippen molar-refractivity contribution in [1.29, 1.82) is 0 Å². The van der Waals surface area contributed by atoms with E-state index in [1.165, 1.54) is 38.5 Å². The van der Waals surface area contributed by atoms with E-state index in [9.17, 15) is 9.59 Å². The highest BCUT2D eigenvalue weighted by Crippen LogP contribution is 2.61. The lowest BCUT2D eigenvalue weighted by atomic mass is 9.49. The van der Waals surface area contributed by atoms with Crippen molar-refractivity contribution in [3.05, 3.63) is 23.9 Å². The van der Waals surface area contributed by atoms with Crippen LogP contribution in [0.25, 0.3) is 0 Å². The number of carbonyl (C=O) groups is 2. The molecule has 4 fully saturated rings. The summed E-state index contributed by atoms with van der Waals surface area (Å²) in [6.45, 7) is 1.96. The third-order valence-electron chi connectivity index (χ3n) is 6.33. The maximum Gasteiger partial charge on any atom is 0.244 e. The minimum absolute atomic E-state index is 0.0147. The Labute approximate surface area is 149 Å². The summed E-state index contributed by atoms with van der Waals surface area (Å²) in [6.07, 6.45) is 10.0. The molecule has 0 spiro atoms. The molecule has 0 atom stereocenters. The van der Waals surface area contributed by atoms with Gasteiger partial charge >= 0.3 is 0 Å². The number of nitrogens with zero attached hydrogens (tertiary/aromatic N) is 1. The van der Waals surface area contributed by atoms with Gasteiger partial charge in [-0.3, -0.25) is 9.59 Å². The van der Waals surface area contributed by atoms with E-state index in [1.54, 1.807) is 6.20 Å². The van der Waals surface area contributed by atoms with Crippen molar-refractivity contribution in [2.75, 3.05) is 11.9 Å². The van der Waals surface area contributed by atoms with Crippen molar-refractivity contribution in [2.45, 2.75) is 51.9 Å². The lowest BCUT2D eigenvalue weighted by molar-refractivity contribution is -0.131. The molecule has 0 aromatic carbocycles. The zero-order valence-electron chi connectivity index (χ0n) is 14.9. The smallest absolute Gasteiger partial charge is 0.244 e. The van der Waals surface area contributed by atoms with Gasteiger partial charge in [-0.15, -0.1) is 0 Å². The first-order valence-corrected chi connectivity index (χ1v) is 9.49. The molecule has 4 aliphatic carbocycles. The highest BCUT2D eigenvalue weighted by Gasteiger charge is 2.51. The van der Waals surface area contributed by atoms with Gasteiger partial charge in [-0.1, -0.05) is 0 Å². The molecular weight excluding hydrogens is 314 g/mol. The normalized spacial score (nSPS) is 32.4. The summed E-state index contributed by atoms with van der Waals surface area (Å²) >= 11 is 0. The van der Waals surface area contributed by atoms with Gasteiger partial charge in [0.15, 0.2) is 0 Å². The summed E-state index contributed by atoms with van der Waals surface area (Å²) in [6, 6.07) is 3.69. The second kappa shape index (κ2) is 6.43. The van der Waals surface area contributed by atoms with Gasteiger partial charge in [-0.2, -0.15) is 0 Å². The molecule has 0 saturated heterocycles. The molecule has 1 aromatic heterocycles. The second-order valence-corrected chi connectivity index (χ2v) is 8.64. The average Bonchev–Trinajstić information content (AvgIpc) is 2.51. The molecule has 5 heteroatoms. The third kappa shape index (κ3) is 3.70. The summed E-state index contributed by atoms with van der Waals surface area (Å²) in [5.41, 5.74) is 1.25. The average molecular weight is 341 g/mol. The zero-order valence-corrected chi connectivity index (χ0v) is 14.9. The summed E-state index contributed by atoms with van der Waals surface area (Å²) in [5, 5.41) is 5.55. The SMILES string of the molecule is Cc1ccnc(NC(=O)CNC(=O)CC23CC4CC(CC(C4)C2)C3)c1. The number of hydrogen-bond acceptors (Lipinski definition) is 3. The van der Waals surface area contributed by atoms with E-state index < -0.39 is 0 Å². The molecule has 2 amide bonds. The number of anilines is 1. The van der Waals surface area contributed by atoms with Crippen molar-refractivity contribution < 1.29 is 9.59 Å². The Morgan fingerprint density at radius 2 is 1.76 bits per heavy atom. The van der Waals surface area contributed by atoms with Crippen LogP contribution in [0, 0.1) is 30.1 Å². The molecule has 134 valence electrons. The van der Waals surface area contributed by atoms with Crippen LogP contribution in [0.4, 0.5) is 5.82 Å². The molecule has 4 saturated carbocycles. The van der Waals surface area contributed by atoms with Gasteiger partial charge in [0.1, 0.15) is 5.82 Å². The van der Waals surface area contributed by atoms with E-state index in [-0.39, 0.29) is 23.8 Å². The number of hydrogen-bond donors (Lipinski definition) is 2. The summed E-state index contributed by atoms with van der Waals surface area (Å²) in [7, 11) is 0. The van der Waals surface area contributed by atoms with Crippen LogP contribution in [0.3, 0.4) is 0 Å². The quantitative estimate of drug-likeness (QED) is 0.865. The van der Waals surface area contributed by atoms with Gasteiger partial charge in [-0.05, 0) is 86.3 Å². The lowest BCUT2D eigenvalue weighted by Crippen LogP contribution is -2.48. The molecule has 4 bridgehead atoms. The fourth-order valence-corrected chi connectivity index (χ4v) is 5.88. The minimum Gasteiger partial charge on any atom is -0.347 e. The number of carbonyl (C=O) groups excluding carboxylic acids is 2. The molecule has 5 nitrogen and oxygen atoms in total. The van der Waals surface area contributed by atoms with E-state index >= 15 is 0 Å². The van der Waals surface area contributed by atoms with E-state index in [1.807, 2.05) is 19.1 Å². The lowest BCUT2D eigenvalue weighted by Gasteiger charge is -2.56. The maximum absolute atomic E-state index is 12.4. The fraction of sp³-hybridized carbons (Fsp3) is 0.650. The van der Waals surface area contributed by atoms with E-state index in [4.69, 9.17) is 0 Å². The number of amides is 2. The molecule has 2 N–H and O–H groups in total. The van der Waals surface area contributed by atoms with Crippen LogP contribution >= 0.6 is 0 Å². The first-order valence-electron chi connectivity index (χ1n) is 9.49. The number of nitrogens with one attached hydrogen (secondary N) is 2. The van der Waals surface area contributed by atoms with Crippen molar-refractivity contribution in [1.82, 2.24) is 10.3 Å². The van der Waals surface area contributed by atoms with Crippen molar-refractivity contribution >= 4 is 17.6 Å². The van der Waals surface area contributed by atoms with Crippen LogP contribution in [-0.2, 0) is 9.59 Å². The molecule has 5 rings (SSSR count). The van der Waals surface area contributed by atoms with E-state index in [2.05, 4.69) is 15.6 Å². The molecule has 1 aromatic rings. The van der Waals surface area contributed by atoms with Gasteiger partial charge in [0.2, 0.25) is 11.8 Å². The Bertz CT molecular complexity index is 650. The van der Waals surface area contributed by atoms with Gasteiger partial charge in [0, 0.05) is 12.6 Å². The monoisotopic (exact) mass is 341 g/mol. The Morgan fingerprint density at radius 1 is 1.12 bits per heavy atom. The van der Waals surface area contributed by atoms with Gasteiger partial charge in [-0.25, -0.2) is 4.98 Å². The predicted octanol–water partition coefficient (Wildman–Crippen LogP) is 3.05. The number of pyridine rings is 1. The van der Waals surface area contributed by atoms with Crippen LogP contribution < -0.4 is 10.6 Å². The van der Waals surface area contributed by atoms with E-state index in [0.29, 0.717) is 12.2 Å². The molecule has 0 aliphatic heterocycles. The topological polar surface area (TPSA) is 71.1 Å². The standard InChI is InChI=1S/C20H27N3O2/c1-13-2-3-21-17(4-13)23-19(25)12-22-18(24)11-20-8-14-5-15(9-20)7-16(6-14)10-20/h2-4,14-16H,5-12H2,1H3,(H,22,24)(H,21,23,25). The second-order valence-electron chi connectivity index (χ2n) is 8.64.